The van der Waals surface area contributed by atoms with Crippen LogP contribution in [0.4, 0.5) is 4.79 Å². The van der Waals surface area contributed by atoms with Gasteiger partial charge in [-0.2, -0.15) is 0 Å². The van der Waals surface area contributed by atoms with Gasteiger partial charge in [0, 0.05) is 32.2 Å². The highest BCUT2D eigenvalue weighted by Crippen LogP contribution is 2.31. The zero-order valence-electron chi connectivity index (χ0n) is 16.4. The second kappa shape index (κ2) is 8.27. The van der Waals surface area contributed by atoms with E-state index in [0.29, 0.717) is 19.8 Å². The largest absolute Gasteiger partial charge is 0.396 e. The predicted octanol–water partition coefficient (Wildman–Crippen LogP) is 2.75. The van der Waals surface area contributed by atoms with E-state index in [0.717, 1.165) is 36.1 Å². The number of carbonyl (C=O) groups excluding carboxylic acids is 1. The summed E-state index contributed by atoms with van der Waals surface area (Å²) in [5.74, 6) is 0.766. The van der Waals surface area contributed by atoms with Gasteiger partial charge in [0.2, 0.25) is 0 Å². The molecule has 1 aliphatic heterocycles. The number of amides is 2. The lowest BCUT2D eigenvalue weighted by Gasteiger charge is -2.38. The first kappa shape index (κ1) is 19.6. The van der Waals surface area contributed by atoms with Crippen LogP contribution in [0.1, 0.15) is 43.6 Å². The molecule has 2 heterocycles. The first-order valence-corrected chi connectivity index (χ1v) is 9.63. The van der Waals surface area contributed by atoms with Crippen LogP contribution in [0, 0.1) is 12.3 Å². The van der Waals surface area contributed by atoms with Crippen LogP contribution in [0.3, 0.4) is 0 Å². The Bertz CT molecular complexity index is 783. The summed E-state index contributed by atoms with van der Waals surface area (Å²) in [7, 11) is 1.77. The molecule has 3 N–H and O–H groups in total. The number of imidazole rings is 1. The molecule has 1 atom stereocenters. The first-order chi connectivity index (χ1) is 13.0. The van der Waals surface area contributed by atoms with E-state index in [1.54, 1.807) is 11.9 Å². The summed E-state index contributed by atoms with van der Waals surface area (Å²) < 4.78 is 5.40. The summed E-state index contributed by atoms with van der Waals surface area (Å²) in [4.78, 5) is 22.4. The summed E-state index contributed by atoms with van der Waals surface area (Å²) >= 11 is 0. The van der Waals surface area contributed by atoms with Crippen molar-refractivity contribution < 1.29 is 14.6 Å². The number of aromatic nitrogens is 2. The maximum atomic E-state index is 12.7. The number of carbonyl (C=O) groups is 1. The summed E-state index contributed by atoms with van der Waals surface area (Å²) in [6.07, 6.45) is 2.26. The number of fused-ring (bicyclic) bond motifs is 1. The fourth-order valence-corrected chi connectivity index (χ4v) is 3.68. The SMILES string of the molecule is CCC(NC(=O)N(C)CC1(CO)CCOCC1)c1nc2ccc(C)cc2[nH]1. The van der Waals surface area contributed by atoms with E-state index in [2.05, 4.69) is 21.4 Å². The topological polar surface area (TPSA) is 90.5 Å². The van der Waals surface area contributed by atoms with Gasteiger partial charge in [0.05, 0.1) is 23.7 Å². The van der Waals surface area contributed by atoms with Gasteiger partial charge in [-0.15, -0.1) is 0 Å². The van der Waals surface area contributed by atoms with Crippen LogP contribution in [0.2, 0.25) is 0 Å². The second-order valence-corrected chi connectivity index (χ2v) is 7.68. The molecule has 0 radical (unpaired) electrons. The van der Waals surface area contributed by atoms with Gasteiger partial charge in [0.1, 0.15) is 5.82 Å². The Kier molecular flexibility index (Phi) is 6.01. The van der Waals surface area contributed by atoms with Crippen LogP contribution < -0.4 is 5.32 Å². The number of benzene rings is 1. The Morgan fingerprint density at radius 3 is 2.85 bits per heavy atom. The number of rotatable bonds is 6. The number of aliphatic hydroxyl groups excluding tert-OH is 1. The van der Waals surface area contributed by atoms with Crippen LogP contribution in [0.15, 0.2) is 18.2 Å². The number of H-pyrrole nitrogens is 1. The van der Waals surface area contributed by atoms with E-state index in [1.165, 1.54) is 5.56 Å². The number of hydrogen-bond acceptors (Lipinski definition) is 4. The normalized spacial score (nSPS) is 17.6. The van der Waals surface area contributed by atoms with E-state index < -0.39 is 0 Å². The lowest BCUT2D eigenvalue weighted by atomic mass is 9.80. The Labute approximate surface area is 160 Å². The fourth-order valence-electron chi connectivity index (χ4n) is 3.68. The molecule has 7 nitrogen and oxygen atoms in total. The molecule has 1 saturated heterocycles. The van der Waals surface area contributed by atoms with Crippen LogP contribution >= 0.6 is 0 Å². The quantitative estimate of drug-likeness (QED) is 0.725. The number of aryl methyl sites for hydroxylation is 1. The van der Waals surface area contributed by atoms with E-state index in [4.69, 9.17) is 4.74 Å². The number of aliphatic hydroxyl groups is 1. The van der Waals surface area contributed by atoms with Crippen LogP contribution in [-0.2, 0) is 4.74 Å². The zero-order chi connectivity index (χ0) is 19.4. The standard InChI is InChI=1S/C20H30N4O3/c1-4-15(18-21-16-6-5-14(2)11-17(16)22-18)23-19(26)24(3)12-20(13-25)7-9-27-10-8-20/h5-6,11,15,25H,4,7-10,12-13H2,1-3H3,(H,21,22)(H,23,26). The van der Waals surface area contributed by atoms with E-state index in [1.807, 2.05) is 26.0 Å². The molecule has 0 bridgehead atoms. The van der Waals surface area contributed by atoms with Crippen molar-refractivity contribution in [3.63, 3.8) is 0 Å². The number of ether oxygens (including phenoxy) is 1. The average molecular weight is 374 g/mol. The molecular formula is C20H30N4O3. The number of nitrogens with one attached hydrogen (secondary N) is 2. The summed E-state index contributed by atoms with van der Waals surface area (Å²) in [5, 5.41) is 12.9. The third kappa shape index (κ3) is 4.42. The number of hydrogen-bond donors (Lipinski definition) is 3. The molecule has 148 valence electrons. The summed E-state index contributed by atoms with van der Waals surface area (Å²) in [6.45, 7) is 5.90. The summed E-state index contributed by atoms with van der Waals surface area (Å²) in [6, 6.07) is 5.73. The van der Waals surface area contributed by atoms with Gasteiger partial charge in [-0.3, -0.25) is 0 Å². The van der Waals surface area contributed by atoms with Gasteiger partial charge < -0.3 is 25.0 Å². The Balaban J connectivity index is 1.68. The Hall–Kier alpha value is -2.12. The monoisotopic (exact) mass is 374 g/mol. The Morgan fingerprint density at radius 1 is 1.44 bits per heavy atom. The molecule has 2 aromatic rings. The highest BCUT2D eigenvalue weighted by Gasteiger charge is 2.34. The molecule has 0 saturated carbocycles. The highest BCUT2D eigenvalue weighted by atomic mass is 16.5. The molecular weight excluding hydrogens is 344 g/mol. The zero-order valence-corrected chi connectivity index (χ0v) is 16.4. The second-order valence-electron chi connectivity index (χ2n) is 7.68. The maximum Gasteiger partial charge on any atom is 0.317 e. The number of urea groups is 1. The molecule has 1 aliphatic rings. The fraction of sp³-hybridized carbons (Fsp3) is 0.600. The van der Waals surface area contributed by atoms with E-state index >= 15 is 0 Å². The van der Waals surface area contributed by atoms with Crippen LogP contribution in [0.25, 0.3) is 11.0 Å². The van der Waals surface area contributed by atoms with Crippen molar-refractivity contribution in [2.75, 3.05) is 33.4 Å². The number of nitrogens with zero attached hydrogens (tertiary/aromatic N) is 2. The first-order valence-electron chi connectivity index (χ1n) is 9.63. The minimum absolute atomic E-state index is 0.0636. The lowest BCUT2D eigenvalue weighted by Crippen LogP contribution is -2.48. The van der Waals surface area contributed by atoms with Gasteiger partial charge >= 0.3 is 6.03 Å². The van der Waals surface area contributed by atoms with E-state index in [9.17, 15) is 9.90 Å². The smallest absolute Gasteiger partial charge is 0.317 e. The van der Waals surface area contributed by atoms with Crippen molar-refractivity contribution in [1.82, 2.24) is 20.2 Å². The van der Waals surface area contributed by atoms with Crippen molar-refractivity contribution in [2.24, 2.45) is 5.41 Å². The third-order valence-electron chi connectivity index (χ3n) is 5.50. The van der Waals surface area contributed by atoms with E-state index in [-0.39, 0.29) is 24.1 Å². The van der Waals surface area contributed by atoms with Crippen molar-refractivity contribution >= 4 is 17.1 Å². The third-order valence-corrected chi connectivity index (χ3v) is 5.50. The minimum Gasteiger partial charge on any atom is -0.396 e. The van der Waals surface area contributed by atoms with Gasteiger partial charge in [-0.05, 0) is 43.9 Å². The van der Waals surface area contributed by atoms with Gasteiger partial charge in [0.15, 0.2) is 0 Å². The molecule has 0 aliphatic carbocycles. The Morgan fingerprint density at radius 2 is 2.19 bits per heavy atom. The molecule has 1 unspecified atom stereocenters. The van der Waals surface area contributed by atoms with Crippen molar-refractivity contribution in [2.45, 2.75) is 39.2 Å². The van der Waals surface area contributed by atoms with Crippen molar-refractivity contribution in [3.05, 3.63) is 29.6 Å². The van der Waals surface area contributed by atoms with Gasteiger partial charge in [0.25, 0.3) is 0 Å². The van der Waals surface area contributed by atoms with Crippen molar-refractivity contribution in [3.8, 4) is 0 Å². The van der Waals surface area contributed by atoms with Crippen molar-refractivity contribution in [1.29, 1.82) is 0 Å². The minimum atomic E-state index is -0.275. The van der Waals surface area contributed by atoms with Gasteiger partial charge in [-0.25, -0.2) is 9.78 Å². The molecule has 2 amide bonds. The van der Waals surface area contributed by atoms with Crippen LogP contribution in [0.5, 0.6) is 0 Å². The lowest BCUT2D eigenvalue weighted by molar-refractivity contribution is -0.0262. The maximum absolute atomic E-state index is 12.7. The molecule has 1 fully saturated rings. The van der Waals surface area contributed by atoms with Crippen LogP contribution in [-0.4, -0.2) is 59.4 Å². The molecule has 3 rings (SSSR count). The molecule has 7 heteroatoms. The number of aromatic amines is 1. The predicted molar refractivity (Wildman–Crippen MR) is 105 cm³/mol. The highest BCUT2D eigenvalue weighted by molar-refractivity contribution is 5.77. The molecule has 27 heavy (non-hydrogen) atoms. The molecule has 1 aromatic heterocycles. The van der Waals surface area contributed by atoms with Gasteiger partial charge in [-0.1, -0.05) is 13.0 Å². The average Bonchev–Trinajstić information content (AvgIpc) is 3.09. The molecule has 1 aromatic carbocycles. The molecule has 0 spiro atoms. The summed E-state index contributed by atoms with van der Waals surface area (Å²) in [5.41, 5.74) is 2.77.